The van der Waals surface area contributed by atoms with Crippen molar-refractivity contribution in [3.8, 4) is 34.5 Å². The summed E-state index contributed by atoms with van der Waals surface area (Å²) in [6.45, 7) is 10.4. The summed E-state index contributed by atoms with van der Waals surface area (Å²) in [5, 5.41) is 14.3. The van der Waals surface area contributed by atoms with Gasteiger partial charge in [0.2, 0.25) is 11.4 Å². The Morgan fingerprint density at radius 1 is 0.383 bits per heavy atom. The maximum absolute atomic E-state index is 6.81. The lowest BCUT2D eigenvalue weighted by Gasteiger charge is -2.36. The van der Waals surface area contributed by atoms with Gasteiger partial charge in [-0.1, -0.05) is 12.2 Å². The predicted molar refractivity (Wildman–Crippen MR) is 242 cm³/mol. The van der Waals surface area contributed by atoms with E-state index in [0.717, 1.165) is 57.1 Å². The molecule has 10 heteroatoms. The van der Waals surface area contributed by atoms with Crippen LogP contribution in [-0.2, 0) is 0 Å². The highest BCUT2D eigenvalue weighted by molar-refractivity contribution is 5.58. The molecule has 0 aromatic heterocycles. The molecule has 4 N–H and O–H groups in total. The molecule has 0 amide bonds. The zero-order chi connectivity index (χ0) is 41.6. The normalized spacial score (nSPS) is 18.0. The van der Waals surface area contributed by atoms with Crippen molar-refractivity contribution in [2.75, 3.05) is 47.7 Å². The average Bonchev–Trinajstić information content (AvgIpc) is 3.27. The summed E-state index contributed by atoms with van der Waals surface area (Å²) in [6, 6.07) is 39.5. The Morgan fingerprint density at radius 2 is 0.667 bits per heavy atom. The minimum Gasteiger partial charge on any atom is -0.494 e. The molecule has 0 saturated heterocycles. The van der Waals surface area contributed by atoms with Crippen LogP contribution in [0.5, 0.6) is 34.5 Å². The number of hydrogen-bond acceptors (Lipinski definition) is 10. The Balaban J connectivity index is 1.08. The second-order valence-corrected chi connectivity index (χ2v) is 14.2. The molecular weight excluding hydrogens is 753 g/mol. The molecule has 5 aromatic rings. The number of nitrogens with one attached hydrogen (secondary N) is 4. The van der Waals surface area contributed by atoms with Crippen LogP contribution in [0.25, 0.3) is 0 Å². The van der Waals surface area contributed by atoms with E-state index in [-0.39, 0.29) is 0 Å². The zero-order valence-electron chi connectivity index (χ0n) is 34.7. The SMILES string of the molecule is CCOc1ccc(NC2=CCC(Nc3ccc(OCC)cc3)(Oc3ccc(OC4(Nc5ccc(OCC)cc5)C=CC(Nc5ccc(OCC)cc5)=CC4)cc3)C=C2)cc1. The fourth-order valence-corrected chi connectivity index (χ4v) is 6.84. The van der Waals surface area contributed by atoms with E-state index in [0.29, 0.717) is 50.8 Å². The fraction of sp³-hybridized carbons (Fsp3) is 0.240. The number of rotatable bonds is 20. The van der Waals surface area contributed by atoms with Crippen molar-refractivity contribution in [1.82, 2.24) is 0 Å². The van der Waals surface area contributed by atoms with E-state index in [4.69, 9.17) is 28.4 Å². The highest BCUT2D eigenvalue weighted by Gasteiger charge is 2.33. The lowest BCUT2D eigenvalue weighted by molar-refractivity contribution is 0.146. The molecule has 2 unspecified atom stereocenters. The molecule has 60 heavy (non-hydrogen) atoms. The molecular formula is C50H54N4O6. The summed E-state index contributed by atoms with van der Waals surface area (Å²) in [5.41, 5.74) is 3.92. The molecule has 10 nitrogen and oxygen atoms in total. The summed E-state index contributed by atoms with van der Waals surface area (Å²) in [7, 11) is 0. The van der Waals surface area contributed by atoms with Crippen LogP contribution in [0, 0.1) is 0 Å². The number of allylic oxidation sites excluding steroid dienone is 2. The van der Waals surface area contributed by atoms with E-state index < -0.39 is 11.4 Å². The van der Waals surface area contributed by atoms with E-state index in [9.17, 15) is 0 Å². The molecule has 0 fully saturated rings. The Hall–Kier alpha value is -6.94. The van der Waals surface area contributed by atoms with Crippen LogP contribution in [0.3, 0.4) is 0 Å². The van der Waals surface area contributed by atoms with Gasteiger partial charge < -0.3 is 49.7 Å². The minimum absolute atomic E-state index is 0.549. The third-order valence-electron chi connectivity index (χ3n) is 9.69. The Labute approximate surface area is 353 Å². The second kappa shape index (κ2) is 19.7. The van der Waals surface area contributed by atoms with Crippen molar-refractivity contribution in [1.29, 1.82) is 0 Å². The van der Waals surface area contributed by atoms with Gasteiger partial charge in [-0.2, -0.15) is 0 Å². The third kappa shape index (κ3) is 11.2. The molecule has 2 aliphatic carbocycles. The van der Waals surface area contributed by atoms with E-state index in [1.807, 2.05) is 161 Å². The molecule has 0 radical (unpaired) electrons. The van der Waals surface area contributed by atoms with E-state index in [1.54, 1.807) is 0 Å². The van der Waals surface area contributed by atoms with E-state index >= 15 is 0 Å². The molecule has 0 saturated carbocycles. The summed E-state index contributed by atoms with van der Waals surface area (Å²) < 4.78 is 36.2. The van der Waals surface area contributed by atoms with Crippen molar-refractivity contribution in [2.24, 2.45) is 0 Å². The fourth-order valence-electron chi connectivity index (χ4n) is 6.84. The van der Waals surface area contributed by atoms with Gasteiger partial charge in [0.05, 0.1) is 26.4 Å². The lowest BCUT2D eigenvalue weighted by atomic mass is 10.0. The van der Waals surface area contributed by atoms with Gasteiger partial charge >= 0.3 is 0 Å². The Morgan fingerprint density at radius 3 is 0.933 bits per heavy atom. The second-order valence-electron chi connectivity index (χ2n) is 14.2. The van der Waals surface area contributed by atoms with Crippen molar-refractivity contribution >= 4 is 22.7 Å². The maximum atomic E-state index is 6.81. The zero-order valence-corrected chi connectivity index (χ0v) is 34.7. The van der Waals surface area contributed by atoms with Gasteiger partial charge in [0.25, 0.3) is 0 Å². The first-order valence-electron chi connectivity index (χ1n) is 20.6. The molecule has 2 aliphatic rings. The standard InChI is InChI=1S/C50H54N4O6/c1-5-55-43-17-9-37(10-18-43)51-39-29-33-49(34-30-39,53-41-13-21-45(22-14-41)57-7-3)59-47-25-27-48(28-26-47)60-50(54-42-15-23-46(24-16-42)58-8-4)35-31-40(32-36-50)52-38-11-19-44(20-12-38)56-6-2/h9-33,35,51-54H,5-8,34,36H2,1-4H3. The van der Waals surface area contributed by atoms with Gasteiger partial charge in [0.15, 0.2) is 0 Å². The van der Waals surface area contributed by atoms with Crippen LogP contribution in [-0.4, -0.2) is 37.9 Å². The Kier molecular flexibility index (Phi) is 13.5. The lowest BCUT2D eigenvalue weighted by Crippen LogP contribution is -2.43. The summed E-state index contributed by atoms with van der Waals surface area (Å²) in [5.74, 6) is 4.66. The summed E-state index contributed by atoms with van der Waals surface area (Å²) in [4.78, 5) is 0. The first kappa shape index (κ1) is 41.2. The van der Waals surface area contributed by atoms with E-state index in [1.165, 1.54) is 0 Å². The number of anilines is 4. The molecule has 2 atom stereocenters. The number of benzene rings is 5. The average molecular weight is 807 g/mol. The van der Waals surface area contributed by atoms with Gasteiger partial charge in [-0.3, -0.25) is 0 Å². The Bertz CT molecular complexity index is 2090. The molecule has 7 rings (SSSR count). The molecule has 0 bridgehead atoms. The van der Waals surface area contributed by atoms with Gasteiger partial charge in [-0.05, 0) is 173 Å². The first-order chi connectivity index (χ1) is 29.4. The molecule has 0 spiro atoms. The van der Waals surface area contributed by atoms with Gasteiger partial charge in [0.1, 0.15) is 34.5 Å². The van der Waals surface area contributed by atoms with Crippen LogP contribution < -0.4 is 49.7 Å². The minimum atomic E-state index is -0.875. The number of ether oxygens (including phenoxy) is 6. The first-order valence-corrected chi connectivity index (χ1v) is 20.6. The van der Waals surface area contributed by atoms with Gasteiger partial charge in [-0.15, -0.1) is 0 Å². The topological polar surface area (TPSA) is 104 Å². The van der Waals surface area contributed by atoms with E-state index in [2.05, 4.69) is 45.6 Å². The van der Waals surface area contributed by atoms with Crippen LogP contribution in [0.15, 0.2) is 169 Å². The van der Waals surface area contributed by atoms with Crippen LogP contribution in [0.1, 0.15) is 40.5 Å². The largest absolute Gasteiger partial charge is 0.494 e. The molecule has 0 aliphatic heterocycles. The van der Waals surface area contributed by atoms with Crippen LogP contribution in [0.2, 0.25) is 0 Å². The molecule has 310 valence electrons. The van der Waals surface area contributed by atoms with Crippen LogP contribution in [0.4, 0.5) is 22.7 Å². The van der Waals surface area contributed by atoms with Crippen molar-refractivity contribution < 1.29 is 28.4 Å². The molecule has 0 heterocycles. The van der Waals surface area contributed by atoms with Gasteiger partial charge in [0, 0.05) is 47.0 Å². The quantitative estimate of drug-likeness (QED) is 0.0568. The van der Waals surface area contributed by atoms with Crippen molar-refractivity contribution in [2.45, 2.75) is 52.0 Å². The van der Waals surface area contributed by atoms with Gasteiger partial charge in [-0.25, -0.2) is 0 Å². The summed E-state index contributed by atoms with van der Waals surface area (Å²) >= 11 is 0. The smallest absolute Gasteiger partial charge is 0.204 e. The summed E-state index contributed by atoms with van der Waals surface area (Å²) in [6.07, 6.45) is 13.6. The monoisotopic (exact) mass is 806 g/mol. The van der Waals surface area contributed by atoms with Crippen molar-refractivity contribution in [3.05, 3.63) is 169 Å². The third-order valence-corrected chi connectivity index (χ3v) is 9.69. The highest BCUT2D eigenvalue weighted by Crippen LogP contribution is 2.35. The number of hydrogen-bond donors (Lipinski definition) is 4. The highest BCUT2D eigenvalue weighted by atomic mass is 16.5. The van der Waals surface area contributed by atoms with Crippen LogP contribution >= 0.6 is 0 Å². The predicted octanol–water partition coefficient (Wildman–Crippen LogP) is 11.6. The maximum Gasteiger partial charge on any atom is 0.204 e. The molecule has 5 aromatic carbocycles. The van der Waals surface area contributed by atoms with Crippen molar-refractivity contribution in [3.63, 3.8) is 0 Å².